The SMILES string of the molecule is C[C@@H]1CCOC2C3CCc4c(C(=O)NCc5ccc(F)cc5F)c(=O)c(O)c(n43)C(=O)N21. The lowest BCUT2D eigenvalue weighted by atomic mass is 10.0. The predicted molar refractivity (Wildman–Crippen MR) is 107 cm³/mol. The molecule has 1 saturated heterocycles. The lowest BCUT2D eigenvalue weighted by Crippen LogP contribution is -2.58. The van der Waals surface area contributed by atoms with E-state index in [2.05, 4.69) is 5.32 Å². The Balaban J connectivity index is 1.54. The van der Waals surface area contributed by atoms with E-state index in [1.807, 2.05) is 6.92 Å². The molecule has 5 rings (SSSR count). The number of halogens is 2. The van der Waals surface area contributed by atoms with Crippen molar-refractivity contribution < 1.29 is 28.2 Å². The number of nitrogens with one attached hydrogen (secondary N) is 1. The molecule has 10 heteroatoms. The van der Waals surface area contributed by atoms with E-state index in [1.54, 1.807) is 9.47 Å². The molecule has 2 unspecified atom stereocenters. The molecule has 0 bridgehead atoms. The van der Waals surface area contributed by atoms with Crippen LogP contribution < -0.4 is 10.7 Å². The Bertz CT molecular complexity index is 1210. The first-order valence-electron chi connectivity index (χ1n) is 10.5. The minimum Gasteiger partial charge on any atom is -0.503 e. The van der Waals surface area contributed by atoms with Gasteiger partial charge in [-0.05, 0) is 32.3 Å². The highest BCUT2D eigenvalue weighted by molar-refractivity contribution is 6.00. The Morgan fingerprint density at radius 1 is 1.28 bits per heavy atom. The second-order valence-corrected chi connectivity index (χ2v) is 8.35. The fraction of sp³-hybridized carbons (Fsp3) is 0.409. The Kier molecular flexibility index (Phi) is 4.77. The third kappa shape index (κ3) is 2.93. The average molecular weight is 445 g/mol. The van der Waals surface area contributed by atoms with Crippen LogP contribution in [-0.2, 0) is 17.7 Å². The quantitative estimate of drug-likeness (QED) is 0.751. The van der Waals surface area contributed by atoms with Crippen molar-refractivity contribution in [3.05, 3.63) is 62.6 Å². The standard InChI is InChI=1S/C22H21F2N3O5/c1-10-6-7-32-22-15-5-4-14-16(18(28)19(29)17(27(14)15)21(31)26(10)22)20(30)25-9-11-2-3-12(23)8-13(11)24/h2-3,8,10,15,22,29H,4-7,9H2,1H3,(H,25,30)/t10-,15?,22?/m1/s1. The maximum Gasteiger partial charge on any atom is 0.276 e. The van der Waals surface area contributed by atoms with E-state index >= 15 is 0 Å². The molecule has 1 fully saturated rings. The van der Waals surface area contributed by atoms with E-state index in [0.717, 1.165) is 6.07 Å². The van der Waals surface area contributed by atoms with Crippen LogP contribution in [0, 0.1) is 11.6 Å². The number of aromatic hydroxyl groups is 1. The van der Waals surface area contributed by atoms with Crippen molar-refractivity contribution in [2.75, 3.05) is 6.61 Å². The van der Waals surface area contributed by atoms with Gasteiger partial charge in [-0.25, -0.2) is 8.78 Å². The summed E-state index contributed by atoms with van der Waals surface area (Å²) in [6.07, 6.45) is 0.985. The number of rotatable bonds is 3. The monoisotopic (exact) mass is 445 g/mol. The van der Waals surface area contributed by atoms with Crippen LogP contribution in [0.3, 0.4) is 0 Å². The van der Waals surface area contributed by atoms with Gasteiger partial charge in [0.05, 0.1) is 12.6 Å². The molecule has 1 aromatic heterocycles. The van der Waals surface area contributed by atoms with Gasteiger partial charge in [0.25, 0.3) is 11.8 Å². The lowest BCUT2D eigenvalue weighted by Gasteiger charge is -2.47. The van der Waals surface area contributed by atoms with Gasteiger partial charge in [0.15, 0.2) is 17.7 Å². The second kappa shape index (κ2) is 7.40. The zero-order valence-electron chi connectivity index (χ0n) is 17.2. The number of nitrogens with zero attached hydrogens (tertiary/aromatic N) is 2. The summed E-state index contributed by atoms with van der Waals surface area (Å²) >= 11 is 0. The molecular formula is C22H21F2N3O5. The first-order chi connectivity index (χ1) is 15.3. The third-order valence-corrected chi connectivity index (χ3v) is 6.52. The molecule has 3 aliphatic rings. The summed E-state index contributed by atoms with van der Waals surface area (Å²) in [5.74, 6) is -3.65. The average Bonchev–Trinajstić information content (AvgIpc) is 3.17. The summed E-state index contributed by atoms with van der Waals surface area (Å²) in [7, 11) is 0. The number of carbonyl (C=O) groups excluding carboxylic acids is 2. The Hall–Kier alpha value is -3.27. The van der Waals surface area contributed by atoms with Crippen LogP contribution in [0.25, 0.3) is 0 Å². The van der Waals surface area contributed by atoms with Gasteiger partial charge in [0, 0.05) is 29.9 Å². The molecular weight excluding hydrogens is 424 g/mol. The van der Waals surface area contributed by atoms with Crippen molar-refractivity contribution in [2.24, 2.45) is 0 Å². The van der Waals surface area contributed by atoms with Crippen molar-refractivity contribution in [3.8, 4) is 5.75 Å². The summed E-state index contributed by atoms with van der Waals surface area (Å²) in [5, 5.41) is 13.1. The maximum atomic E-state index is 13.9. The van der Waals surface area contributed by atoms with Crippen LogP contribution in [0.5, 0.6) is 5.75 Å². The molecule has 2 amide bonds. The van der Waals surface area contributed by atoms with Gasteiger partial charge in [0.2, 0.25) is 5.43 Å². The fourth-order valence-electron chi connectivity index (χ4n) is 4.95. The van der Waals surface area contributed by atoms with Crippen LogP contribution in [0.2, 0.25) is 0 Å². The Labute approximate surface area is 181 Å². The molecule has 2 aromatic rings. The summed E-state index contributed by atoms with van der Waals surface area (Å²) in [4.78, 5) is 40.6. The molecule has 4 heterocycles. The van der Waals surface area contributed by atoms with Gasteiger partial charge in [-0.1, -0.05) is 6.07 Å². The number of aromatic nitrogens is 1. The molecule has 2 N–H and O–H groups in total. The molecule has 3 atom stereocenters. The largest absolute Gasteiger partial charge is 0.503 e. The van der Waals surface area contributed by atoms with E-state index < -0.39 is 40.9 Å². The molecule has 1 aromatic carbocycles. The molecule has 3 aliphatic heterocycles. The third-order valence-electron chi connectivity index (χ3n) is 6.52. The minimum absolute atomic E-state index is 0.0479. The van der Waals surface area contributed by atoms with Crippen molar-refractivity contribution in [3.63, 3.8) is 0 Å². The lowest BCUT2D eigenvalue weighted by molar-refractivity contribution is -0.128. The summed E-state index contributed by atoms with van der Waals surface area (Å²) in [5.41, 5.74) is -0.948. The van der Waals surface area contributed by atoms with E-state index in [9.17, 15) is 28.3 Å². The highest BCUT2D eigenvalue weighted by Gasteiger charge is 2.49. The zero-order valence-corrected chi connectivity index (χ0v) is 17.2. The molecule has 32 heavy (non-hydrogen) atoms. The Morgan fingerprint density at radius 2 is 2.06 bits per heavy atom. The summed E-state index contributed by atoms with van der Waals surface area (Å²) in [6, 6.07) is 2.53. The number of pyridine rings is 1. The summed E-state index contributed by atoms with van der Waals surface area (Å²) < 4.78 is 34.4. The zero-order chi connectivity index (χ0) is 22.7. The number of hydrogen-bond acceptors (Lipinski definition) is 5. The molecule has 168 valence electrons. The van der Waals surface area contributed by atoms with Crippen molar-refractivity contribution in [1.29, 1.82) is 0 Å². The molecule has 0 aliphatic carbocycles. The summed E-state index contributed by atoms with van der Waals surface area (Å²) in [6.45, 7) is 2.11. The van der Waals surface area contributed by atoms with Crippen molar-refractivity contribution >= 4 is 11.8 Å². The highest BCUT2D eigenvalue weighted by atomic mass is 19.1. The topological polar surface area (TPSA) is 101 Å². The second-order valence-electron chi connectivity index (χ2n) is 8.35. The highest BCUT2D eigenvalue weighted by Crippen LogP contribution is 2.42. The van der Waals surface area contributed by atoms with Crippen LogP contribution in [0.4, 0.5) is 8.78 Å². The predicted octanol–water partition coefficient (Wildman–Crippen LogP) is 1.84. The van der Waals surface area contributed by atoms with Crippen LogP contribution >= 0.6 is 0 Å². The number of hydrogen-bond donors (Lipinski definition) is 2. The van der Waals surface area contributed by atoms with Crippen molar-refractivity contribution in [2.45, 2.75) is 51.0 Å². The maximum absolute atomic E-state index is 13.9. The molecule has 8 nitrogen and oxygen atoms in total. The van der Waals surface area contributed by atoms with E-state index in [0.29, 0.717) is 37.6 Å². The minimum atomic E-state index is -0.943. The smallest absolute Gasteiger partial charge is 0.276 e. The van der Waals surface area contributed by atoms with E-state index in [1.165, 1.54) is 6.07 Å². The van der Waals surface area contributed by atoms with Crippen LogP contribution in [0.15, 0.2) is 23.0 Å². The van der Waals surface area contributed by atoms with Gasteiger partial charge in [0.1, 0.15) is 17.2 Å². The number of benzene rings is 1. The van der Waals surface area contributed by atoms with Gasteiger partial charge in [-0.3, -0.25) is 14.4 Å². The van der Waals surface area contributed by atoms with Gasteiger partial charge in [-0.2, -0.15) is 0 Å². The number of ether oxygens (including phenoxy) is 1. The number of amides is 2. The van der Waals surface area contributed by atoms with Gasteiger partial charge >= 0.3 is 0 Å². The van der Waals surface area contributed by atoms with E-state index in [4.69, 9.17) is 4.74 Å². The number of fused-ring (bicyclic) bond motifs is 2. The first-order valence-corrected chi connectivity index (χ1v) is 10.5. The van der Waals surface area contributed by atoms with Gasteiger partial charge < -0.3 is 24.6 Å². The molecule has 0 radical (unpaired) electrons. The Morgan fingerprint density at radius 3 is 2.81 bits per heavy atom. The van der Waals surface area contributed by atoms with Crippen LogP contribution in [0.1, 0.15) is 57.9 Å². The number of carbonyl (C=O) groups is 2. The molecule has 0 spiro atoms. The van der Waals surface area contributed by atoms with Crippen molar-refractivity contribution in [1.82, 2.24) is 14.8 Å². The first kappa shape index (κ1) is 20.6. The van der Waals surface area contributed by atoms with Crippen LogP contribution in [-0.4, -0.2) is 45.3 Å². The molecule has 0 saturated carbocycles. The van der Waals surface area contributed by atoms with E-state index in [-0.39, 0.29) is 35.4 Å². The van der Waals surface area contributed by atoms with Gasteiger partial charge in [-0.15, -0.1) is 0 Å². The normalized spacial score (nSPS) is 23.7. The fourth-order valence-corrected chi connectivity index (χ4v) is 4.95.